The lowest BCUT2D eigenvalue weighted by Crippen LogP contribution is -2.45. The van der Waals surface area contributed by atoms with Crippen LogP contribution in [0.5, 0.6) is 11.5 Å². The average molecular weight is 412 g/mol. The van der Waals surface area contributed by atoms with E-state index < -0.39 is 11.0 Å². The lowest BCUT2D eigenvalue weighted by Gasteiger charge is -2.43. The van der Waals surface area contributed by atoms with Crippen LogP contribution in [-0.4, -0.2) is 42.2 Å². The predicted molar refractivity (Wildman–Crippen MR) is 113 cm³/mol. The smallest absolute Gasteiger partial charge is 0.269 e. The van der Waals surface area contributed by atoms with Gasteiger partial charge in [0, 0.05) is 37.2 Å². The maximum atomic E-state index is 11.1. The Morgan fingerprint density at radius 3 is 2.53 bits per heavy atom. The molecule has 0 radical (unpaired) electrons. The summed E-state index contributed by atoms with van der Waals surface area (Å²) in [6.07, 6.45) is 3.81. The first kappa shape index (κ1) is 20.6. The lowest BCUT2D eigenvalue weighted by molar-refractivity contribution is -0.385. The molecule has 1 atom stereocenters. The van der Waals surface area contributed by atoms with Crippen molar-refractivity contribution in [2.24, 2.45) is 0 Å². The van der Waals surface area contributed by atoms with Crippen LogP contribution in [0.1, 0.15) is 48.5 Å². The Labute approximate surface area is 176 Å². The van der Waals surface area contributed by atoms with Gasteiger partial charge in [0.05, 0.1) is 25.2 Å². The highest BCUT2D eigenvalue weighted by molar-refractivity contribution is 5.51. The molecule has 0 amide bonds. The van der Waals surface area contributed by atoms with Gasteiger partial charge >= 0.3 is 0 Å². The summed E-state index contributed by atoms with van der Waals surface area (Å²) in [6.45, 7) is 1.99. The molecule has 1 spiro atoms. The molecular formula is C23H28N2O5. The van der Waals surface area contributed by atoms with Crippen LogP contribution in [0.3, 0.4) is 0 Å². The summed E-state index contributed by atoms with van der Waals surface area (Å²) >= 11 is 0. The molecule has 1 N–H and O–H groups in total. The summed E-state index contributed by atoms with van der Waals surface area (Å²) in [7, 11) is 3.30. The Kier molecular flexibility index (Phi) is 5.66. The molecule has 2 aliphatic rings. The van der Waals surface area contributed by atoms with Gasteiger partial charge in [-0.25, -0.2) is 0 Å². The third-order valence-corrected chi connectivity index (χ3v) is 6.56. The fraction of sp³-hybridized carbons (Fsp3) is 0.478. The predicted octanol–water partition coefficient (Wildman–Crippen LogP) is 3.97. The van der Waals surface area contributed by atoms with Gasteiger partial charge in [-0.2, -0.15) is 0 Å². The molecule has 160 valence electrons. The molecule has 1 saturated carbocycles. The second-order valence-corrected chi connectivity index (χ2v) is 8.39. The van der Waals surface area contributed by atoms with Crippen LogP contribution in [0, 0.1) is 10.1 Å². The summed E-state index contributed by atoms with van der Waals surface area (Å²) in [5, 5.41) is 21.9. The van der Waals surface area contributed by atoms with E-state index in [1.54, 1.807) is 26.4 Å². The van der Waals surface area contributed by atoms with Crippen LogP contribution in [0.15, 0.2) is 36.4 Å². The second-order valence-electron chi connectivity index (χ2n) is 8.39. The number of aliphatic hydroxyl groups is 1. The zero-order valence-corrected chi connectivity index (χ0v) is 17.5. The topological polar surface area (TPSA) is 85.1 Å². The zero-order chi connectivity index (χ0) is 21.3. The van der Waals surface area contributed by atoms with Gasteiger partial charge in [0.1, 0.15) is 0 Å². The Morgan fingerprint density at radius 2 is 1.87 bits per heavy atom. The molecule has 0 saturated heterocycles. The van der Waals surface area contributed by atoms with Crippen molar-refractivity contribution in [3.63, 3.8) is 0 Å². The Bertz CT molecular complexity index is 939. The summed E-state index contributed by atoms with van der Waals surface area (Å²) in [6, 6.07) is 10.5. The maximum absolute atomic E-state index is 11.1. The Hall–Kier alpha value is -2.64. The monoisotopic (exact) mass is 412 g/mol. The molecule has 0 aromatic heterocycles. The van der Waals surface area contributed by atoms with E-state index in [1.165, 1.54) is 36.1 Å². The van der Waals surface area contributed by atoms with Crippen LogP contribution < -0.4 is 9.47 Å². The molecule has 4 rings (SSSR count). The number of hydrogen-bond donors (Lipinski definition) is 1. The van der Waals surface area contributed by atoms with Crippen molar-refractivity contribution in [1.82, 2.24) is 4.90 Å². The van der Waals surface area contributed by atoms with Crippen molar-refractivity contribution < 1.29 is 19.5 Å². The Balaban J connectivity index is 1.62. The first-order valence-electron chi connectivity index (χ1n) is 10.4. The van der Waals surface area contributed by atoms with E-state index in [4.69, 9.17) is 9.47 Å². The maximum Gasteiger partial charge on any atom is 0.269 e. The number of ether oxygens (including phenoxy) is 2. The highest BCUT2D eigenvalue weighted by atomic mass is 16.6. The van der Waals surface area contributed by atoms with Gasteiger partial charge in [0.25, 0.3) is 5.69 Å². The van der Waals surface area contributed by atoms with Gasteiger partial charge in [0.2, 0.25) is 0 Å². The molecule has 7 nitrogen and oxygen atoms in total. The number of aliphatic hydroxyl groups excluding tert-OH is 1. The molecule has 30 heavy (non-hydrogen) atoms. The van der Waals surface area contributed by atoms with Crippen LogP contribution >= 0.6 is 0 Å². The number of hydrogen-bond acceptors (Lipinski definition) is 6. The third-order valence-electron chi connectivity index (χ3n) is 6.56. The van der Waals surface area contributed by atoms with E-state index in [1.807, 2.05) is 0 Å². The molecule has 2 aromatic carbocycles. The van der Waals surface area contributed by atoms with Crippen molar-refractivity contribution in [2.75, 3.05) is 27.3 Å². The minimum absolute atomic E-state index is 0.000339. The van der Waals surface area contributed by atoms with E-state index in [9.17, 15) is 15.2 Å². The highest BCUT2D eigenvalue weighted by Gasteiger charge is 2.42. The Morgan fingerprint density at radius 1 is 1.17 bits per heavy atom. The van der Waals surface area contributed by atoms with Crippen LogP contribution in [0.25, 0.3) is 0 Å². The van der Waals surface area contributed by atoms with Crippen LogP contribution in [0.2, 0.25) is 0 Å². The molecule has 1 aliphatic heterocycles. The molecular weight excluding hydrogens is 384 g/mol. The van der Waals surface area contributed by atoms with Gasteiger partial charge in [-0.15, -0.1) is 0 Å². The van der Waals surface area contributed by atoms with Crippen molar-refractivity contribution in [2.45, 2.75) is 43.7 Å². The highest BCUT2D eigenvalue weighted by Crippen LogP contribution is 2.48. The molecule has 1 heterocycles. The fourth-order valence-electron chi connectivity index (χ4n) is 5.16. The summed E-state index contributed by atoms with van der Waals surface area (Å²) in [5.74, 6) is 1.47. The standard InChI is InChI=1S/C23H28N2O5/c1-29-21-11-17-13-24(14-20(26)16-6-5-7-18(10-16)25(27)28)15-23(8-3-4-9-23)19(17)12-22(21)30-2/h5-7,10-12,20,26H,3-4,8-9,13-15H2,1-2H3. The molecule has 1 unspecified atom stereocenters. The molecule has 1 aliphatic carbocycles. The normalized spacial score (nSPS) is 18.8. The van der Waals surface area contributed by atoms with Gasteiger partial charge in [-0.3, -0.25) is 15.0 Å². The van der Waals surface area contributed by atoms with Crippen molar-refractivity contribution in [3.05, 3.63) is 63.2 Å². The lowest BCUT2D eigenvalue weighted by atomic mass is 9.73. The van der Waals surface area contributed by atoms with E-state index in [-0.39, 0.29) is 11.1 Å². The van der Waals surface area contributed by atoms with Crippen LogP contribution in [0.4, 0.5) is 5.69 Å². The minimum Gasteiger partial charge on any atom is -0.493 e. The number of benzene rings is 2. The molecule has 7 heteroatoms. The first-order valence-corrected chi connectivity index (χ1v) is 10.4. The van der Waals surface area contributed by atoms with Crippen LogP contribution in [-0.2, 0) is 12.0 Å². The van der Waals surface area contributed by atoms with E-state index in [2.05, 4.69) is 17.0 Å². The summed E-state index contributed by atoms with van der Waals surface area (Å²) in [5.41, 5.74) is 3.16. The van der Waals surface area contributed by atoms with Crippen molar-refractivity contribution in [3.8, 4) is 11.5 Å². The molecule has 0 bridgehead atoms. The third kappa shape index (κ3) is 3.75. The van der Waals surface area contributed by atoms with Gasteiger partial charge in [-0.1, -0.05) is 25.0 Å². The largest absolute Gasteiger partial charge is 0.493 e. The van der Waals surface area contributed by atoms with E-state index in [0.29, 0.717) is 24.4 Å². The number of nitro groups is 1. The van der Waals surface area contributed by atoms with Gasteiger partial charge in [-0.05, 0) is 41.7 Å². The SMILES string of the molecule is COc1cc2c(cc1OC)C1(CCCC1)CN(CC(O)c1cccc([N+](=O)[O-])c1)C2. The number of methoxy groups -OCH3 is 2. The van der Waals surface area contributed by atoms with Crippen molar-refractivity contribution >= 4 is 5.69 Å². The number of non-ortho nitro benzene ring substituents is 1. The molecule has 2 aromatic rings. The van der Waals surface area contributed by atoms with Gasteiger partial charge < -0.3 is 14.6 Å². The second kappa shape index (κ2) is 8.24. The number of nitro benzene ring substituents is 1. The minimum atomic E-state index is -0.787. The first-order chi connectivity index (χ1) is 14.5. The number of rotatable bonds is 6. The molecule has 1 fully saturated rings. The number of fused-ring (bicyclic) bond motifs is 2. The summed E-state index contributed by atoms with van der Waals surface area (Å²) < 4.78 is 11.1. The zero-order valence-electron chi connectivity index (χ0n) is 17.5. The summed E-state index contributed by atoms with van der Waals surface area (Å²) in [4.78, 5) is 12.9. The average Bonchev–Trinajstić information content (AvgIpc) is 3.21. The fourth-order valence-corrected chi connectivity index (χ4v) is 5.16. The van der Waals surface area contributed by atoms with E-state index in [0.717, 1.165) is 25.1 Å². The van der Waals surface area contributed by atoms with Crippen molar-refractivity contribution in [1.29, 1.82) is 0 Å². The number of β-amino-alcohol motifs (C(OH)–C–C–N with tert-alkyl or cyclic N) is 1. The quantitative estimate of drug-likeness (QED) is 0.571. The van der Waals surface area contributed by atoms with Gasteiger partial charge in [0.15, 0.2) is 11.5 Å². The number of nitrogens with zero attached hydrogens (tertiary/aromatic N) is 2. The van der Waals surface area contributed by atoms with E-state index >= 15 is 0 Å².